The molecule has 0 unspecified atom stereocenters. The van der Waals surface area contributed by atoms with Gasteiger partial charge in [0.25, 0.3) is 5.91 Å². The lowest BCUT2D eigenvalue weighted by Gasteiger charge is -2.13. The van der Waals surface area contributed by atoms with Crippen LogP contribution in [0.1, 0.15) is 27.9 Å². The predicted octanol–water partition coefficient (Wildman–Crippen LogP) is 3.15. The highest BCUT2D eigenvalue weighted by Gasteiger charge is 2.22. The molecule has 24 heavy (non-hydrogen) atoms. The summed E-state index contributed by atoms with van der Waals surface area (Å²) in [6.45, 7) is 1.82. The molecule has 1 aliphatic carbocycles. The van der Waals surface area contributed by atoms with E-state index in [-0.39, 0.29) is 18.3 Å². The van der Waals surface area contributed by atoms with Gasteiger partial charge in [0.1, 0.15) is 11.5 Å². The monoisotopic (exact) mass is 325 g/mol. The first-order valence-electron chi connectivity index (χ1n) is 7.81. The molecule has 0 heterocycles. The van der Waals surface area contributed by atoms with Gasteiger partial charge in [-0.25, -0.2) is 0 Å². The van der Waals surface area contributed by atoms with Gasteiger partial charge in [-0.2, -0.15) is 0 Å². The van der Waals surface area contributed by atoms with Crippen LogP contribution in [0.3, 0.4) is 0 Å². The fraction of sp³-hybridized carbons (Fsp3) is 0.263. The number of Topliss-reactive ketones (excluding diaryl/α,β-unsaturated/α-hetero) is 1. The molecule has 124 valence electrons. The molecule has 0 saturated heterocycles. The summed E-state index contributed by atoms with van der Waals surface area (Å²) in [7, 11) is 1.56. The van der Waals surface area contributed by atoms with Crippen molar-refractivity contribution in [3.8, 4) is 11.5 Å². The van der Waals surface area contributed by atoms with Crippen molar-refractivity contribution in [2.24, 2.45) is 0 Å². The van der Waals surface area contributed by atoms with E-state index in [1.165, 1.54) is 0 Å². The Labute approximate surface area is 140 Å². The van der Waals surface area contributed by atoms with E-state index >= 15 is 0 Å². The molecule has 2 aromatic carbocycles. The maximum Gasteiger partial charge on any atom is 0.262 e. The minimum Gasteiger partial charge on any atom is -0.495 e. The average Bonchev–Trinajstić information content (AvgIpc) is 2.95. The minimum absolute atomic E-state index is 0.123. The molecule has 0 bridgehead atoms. The molecule has 5 nitrogen and oxygen atoms in total. The third-order valence-corrected chi connectivity index (χ3v) is 4.02. The van der Waals surface area contributed by atoms with Gasteiger partial charge in [-0.15, -0.1) is 0 Å². The van der Waals surface area contributed by atoms with E-state index in [2.05, 4.69) is 5.32 Å². The zero-order chi connectivity index (χ0) is 17.1. The number of fused-ring (bicyclic) bond motifs is 1. The lowest BCUT2D eigenvalue weighted by Crippen LogP contribution is -2.21. The molecule has 2 aromatic rings. The highest BCUT2D eigenvalue weighted by Crippen LogP contribution is 2.30. The van der Waals surface area contributed by atoms with E-state index in [0.717, 1.165) is 11.1 Å². The van der Waals surface area contributed by atoms with E-state index in [1.807, 2.05) is 25.1 Å². The van der Waals surface area contributed by atoms with Crippen molar-refractivity contribution < 1.29 is 19.1 Å². The lowest BCUT2D eigenvalue weighted by atomic mass is 10.1. The molecule has 3 rings (SSSR count). The molecular weight excluding hydrogens is 306 g/mol. The maximum atomic E-state index is 12.2. The van der Waals surface area contributed by atoms with Gasteiger partial charge in [0, 0.05) is 17.5 Å². The van der Waals surface area contributed by atoms with Gasteiger partial charge in [-0.3, -0.25) is 9.59 Å². The molecule has 0 spiro atoms. The summed E-state index contributed by atoms with van der Waals surface area (Å²) in [5.41, 5.74) is 3.22. The van der Waals surface area contributed by atoms with Crippen LogP contribution in [0.5, 0.6) is 11.5 Å². The van der Waals surface area contributed by atoms with Crippen molar-refractivity contribution in [2.75, 3.05) is 19.0 Å². The van der Waals surface area contributed by atoms with Crippen molar-refractivity contribution in [3.05, 3.63) is 53.1 Å². The number of aryl methyl sites for hydroxylation is 1. The second-order valence-corrected chi connectivity index (χ2v) is 5.75. The van der Waals surface area contributed by atoms with Crippen LogP contribution in [0.25, 0.3) is 0 Å². The Hall–Kier alpha value is -2.82. The SMILES string of the molecule is COc1ccc(C)cc1NC(=O)COc1cccc2c1CCC2=O. The first-order valence-corrected chi connectivity index (χ1v) is 7.81. The van der Waals surface area contributed by atoms with Crippen LogP contribution in [0.2, 0.25) is 0 Å². The zero-order valence-corrected chi connectivity index (χ0v) is 13.7. The fourth-order valence-electron chi connectivity index (χ4n) is 2.84. The summed E-state index contributed by atoms with van der Waals surface area (Å²) in [5.74, 6) is 1.05. The van der Waals surface area contributed by atoms with Gasteiger partial charge in [0.2, 0.25) is 0 Å². The van der Waals surface area contributed by atoms with Crippen molar-refractivity contribution in [1.29, 1.82) is 0 Å². The third-order valence-electron chi connectivity index (χ3n) is 4.02. The standard InChI is InChI=1S/C19H19NO4/c1-12-6-9-18(23-2)15(10-12)20-19(22)11-24-17-5-3-4-13-14(17)7-8-16(13)21/h3-6,9-10H,7-8,11H2,1-2H3,(H,20,22). The second kappa shape index (κ2) is 6.74. The summed E-state index contributed by atoms with van der Waals surface area (Å²) in [6.07, 6.45) is 1.17. The van der Waals surface area contributed by atoms with E-state index in [0.29, 0.717) is 35.6 Å². The predicted molar refractivity (Wildman–Crippen MR) is 90.9 cm³/mol. The number of amides is 1. The first-order chi connectivity index (χ1) is 11.6. The first kappa shape index (κ1) is 16.1. The van der Waals surface area contributed by atoms with E-state index < -0.39 is 0 Å². The van der Waals surface area contributed by atoms with Gasteiger partial charge in [0.15, 0.2) is 12.4 Å². The summed E-state index contributed by atoms with van der Waals surface area (Å²) >= 11 is 0. The summed E-state index contributed by atoms with van der Waals surface area (Å²) in [5, 5.41) is 2.79. The van der Waals surface area contributed by atoms with Crippen LogP contribution in [0.4, 0.5) is 5.69 Å². The number of benzene rings is 2. The molecule has 0 aromatic heterocycles. The average molecular weight is 325 g/mol. The van der Waals surface area contributed by atoms with Crippen LogP contribution in [-0.2, 0) is 11.2 Å². The third kappa shape index (κ3) is 3.25. The maximum absolute atomic E-state index is 12.2. The number of anilines is 1. The number of carbonyl (C=O) groups is 2. The van der Waals surface area contributed by atoms with Crippen molar-refractivity contribution in [3.63, 3.8) is 0 Å². The Morgan fingerprint density at radius 1 is 1.17 bits per heavy atom. The number of rotatable bonds is 5. The largest absolute Gasteiger partial charge is 0.495 e. The highest BCUT2D eigenvalue weighted by atomic mass is 16.5. The van der Waals surface area contributed by atoms with Gasteiger partial charge >= 0.3 is 0 Å². The van der Waals surface area contributed by atoms with Gasteiger partial charge in [0.05, 0.1) is 12.8 Å². The molecule has 1 amide bonds. The number of carbonyl (C=O) groups excluding carboxylic acids is 2. The second-order valence-electron chi connectivity index (χ2n) is 5.75. The molecule has 0 saturated carbocycles. The molecule has 1 N–H and O–H groups in total. The fourth-order valence-corrected chi connectivity index (χ4v) is 2.84. The number of ketones is 1. The van der Waals surface area contributed by atoms with E-state index in [1.54, 1.807) is 25.3 Å². The Kier molecular flexibility index (Phi) is 4.51. The molecule has 0 radical (unpaired) electrons. The number of hydrogen-bond acceptors (Lipinski definition) is 4. The minimum atomic E-state index is -0.277. The Morgan fingerprint density at radius 3 is 2.79 bits per heavy atom. The summed E-state index contributed by atoms with van der Waals surface area (Å²) in [4.78, 5) is 23.9. The number of ether oxygens (including phenoxy) is 2. The molecule has 1 aliphatic rings. The Morgan fingerprint density at radius 2 is 2.00 bits per heavy atom. The van der Waals surface area contributed by atoms with Crippen LogP contribution in [0, 0.1) is 6.92 Å². The van der Waals surface area contributed by atoms with Gasteiger partial charge < -0.3 is 14.8 Å². The van der Waals surface area contributed by atoms with Crippen molar-refractivity contribution in [2.45, 2.75) is 19.8 Å². The molecule has 0 aliphatic heterocycles. The smallest absolute Gasteiger partial charge is 0.262 e. The van der Waals surface area contributed by atoms with Crippen LogP contribution in [-0.4, -0.2) is 25.4 Å². The van der Waals surface area contributed by atoms with Crippen LogP contribution in [0.15, 0.2) is 36.4 Å². The zero-order valence-electron chi connectivity index (χ0n) is 13.7. The molecule has 0 atom stereocenters. The molecule has 0 fully saturated rings. The highest BCUT2D eigenvalue weighted by molar-refractivity contribution is 6.01. The van der Waals surface area contributed by atoms with E-state index in [9.17, 15) is 9.59 Å². The summed E-state index contributed by atoms with van der Waals surface area (Å²) < 4.78 is 10.9. The quantitative estimate of drug-likeness (QED) is 0.917. The normalized spacial score (nSPS) is 12.7. The lowest BCUT2D eigenvalue weighted by molar-refractivity contribution is -0.118. The van der Waals surface area contributed by atoms with Crippen molar-refractivity contribution >= 4 is 17.4 Å². The number of methoxy groups -OCH3 is 1. The Bertz CT molecular complexity index is 798. The number of nitrogens with one attached hydrogen (secondary N) is 1. The molecule has 5 heteroatoms. The van der Waals surface area contributed by atoms with Gasteiger partial charge in [-0.05, 0) is 37.1 Å². The Balaban J connectivity index is 1.67. The van der Waals surface area contributed by atoms with E-state index in [4.69, 9.17) is 9.47 Å². The van der Waals surface area contributed by atoms with Crippen molar-refractivity contribution in [1.82, 2.24) is 0 Å². The van der Waals surface area contributed by atoms with Crippen LogP contribution >= 0.6 is 0 Å². The summed E-state index contributed by atoms with van der Waals surface area (Å²) in [6, 6.07) is 10.9. The molecular formula is C19H19NO4. The number of hydrogen-bond donors (Lipinski definition) is 1. The van der Waals surface area contributed by atoms with Gasteiger partial charge in [-0.1, -0.05) is 18.2 Å². The topological polar surface area (TPSA) is 64.6 Å². The van der Waals surface area contributed by atoms with Crippen LogP contribution < -0.4 is 14.8 Å².